The second kappa shape index (κ2) is 6.09. The van der Waals surface area contributed by atoms with Gasteiger partial charge < -0.3 is 0 Å². The molecular weight excluding hydrogens is 242 g/mol. The summed E-state index contributed by atoms with van der Waals surface area (Å²) in [6.45, 7) is 1.72. The first kappa shape index (κ1) is 13.3. The predicted molar refractivity (Wildman–Crippen MR) is 63.3 cm³/mol. The van der Waals surface area contributed by atoms with Crippen molar-refractivity contribution in [3.05, 3.63) is 30.4 Å². The minimum absolute atomic E-state index is 0.0694. The summed E-state index contributed by atoms with van der Waals surface area (Å²) in [6, 6.07) is 1.60. The highest BCUT2D eigenvalue weighted by molar-refractivity contribution is 7.90. The van der Waals surface area contributed by atoms with Crippen molar-refractivity contribution in [2.45, 2.75) is 13.3 Å². The summed E-state index contributed by atoms with van der Waals surface area (Å²) in [6.07, 6.45) is 5.86. The van der Waals surface area contributed by atoms with Gasteiger partial charge in [0.15, 0.2) is 0 Å². The lowest BCUT2D eigenvalue weighted by Crippen LogP contribution is -2.30. The van der Waals surface area contributed by atoms with E-state index in [1.807, 2.05) is 4.72 Å². The summed E-state index contributed by atoms with van der Waals surface area (Å²) in [5, 5.41) is 0. The molecule has 1 amide bonds. The first-order valence-electron chi connectivity index (χ1n) is 5.02. The van der Waals surface area contributed by atoms with Crippen molar-refractivity contribution < 1.29 is 13.2 Å². The minimum atomic E-state index is -3.52. The molecule has 6 nitrogen and oxygen atoms in total. The Morgan fingerprint density at radius 1 is 1.53 bits per heavy atom. The molecule has 17 heavy (non-hydrogen) atoms. The number of sulfonamides is 1. The van der Waals surface area contributed by atoms with E-state index >= 15 is 0 Å². The van der Waals surface area contributed by atoms with Crippen LogP contribution in [-0.4, -0.2) is 30.0 Å². The zero-order valence-corrected chi connectivity index (χ0v) is 10.1. The highest BCUT2D eigenvalue weighted by atomic mass is 32.2. The fourth-order valence-corrected chi connectivity index (χ4v) is 2.08. The molecule has 1 heterocycles. The summed E-state index contributed by atoms with van der Waals surface area (Å²) in [5.74, 6) is -0.753. The van der Waals surface area contributed by atoms with Gasteiger partial charge in [0.05, 0.1) is 11.4 Å². The van der Waals surface area contributed by atoms with E-state index in [1.54, 1.807) is 13.0 Å². The fourth-order valence-electron chi connectivity index (χ4n) is 1.07. The molecule has 0 fully saturated rings. The number of rotatable bonds is 5. The summed E-state index contributed by atoms with van der Waals surface area (Å²) in [5.41, 5.74) is 0.531. The summed E-state index contributed by atoms with van der Waals surface area (Å²) < 4.78 is 24.5. The van der Waals surface area contributed by atoms with E-state index in [0.717, 1.165) is 6.08 Å². The van der Waals surface area contributed by atoms with E-state index in [4.69, 9.17) is 0 Å². The molecule has 0 aliphatic heterocycles. The molecule has 0 bridgehead atoms. The quantitative estimate of drug-likeness (QED) is 0.767. The van der Waals surface area contributed by atoms with Crippen molar-refractivity contribution in [1.82, 2.24) is 14.7 Å². The Morgan fingerprint density at radius 2 is 2.29 bits per heavy atom. The first-order chi connectivity index (χ1) is 8.03. The molecule has 0 saturated heterocycles. The van der Waals surface area contributed by atoms with Gasteiger partial charge in [-0.15, -0.1) is 0 Å². The van der Waals surface area contributed by atoms with Gasteiger partial charge in [-0.2, -0.15) is 0 Å². The zero-order chi connectivity index (χ0) is 12.7. The largest absolute Gasteiger partial charge is 0.269 e. The number of hydrogen-bond donors (Lipinski definition) is 1. The zero-order valence-electron chi connectivity index (χ0n) is 9.33. The van der Waals surface area contributed by atoms with E-state index in [-0.39, 0.29) is 5.75 Å². The number of nitrogens with one attached hydrogen (secondary N) is 1. The van der Waals surface area contributed by atoms with Gasteiger partial charge in [-0.3, -0.25) is 4.79 Å². The maximum absolute atomic E-state index is 11.3. The maximum Gasteiger partial charge on any atom is 0.257 e. The Labute approximate surface area is 99.8 Å². The number of carbonyl (C=O) groups is 1. The Kier molecular flexibility index (Phi) is 4.77. The van der Waals surface area contributed by atoms with Crippen LogP contribution in [0.1, 0.15) is 19.0 Å². The Hall–Kier alpha value is -1.76. The van der Waals surface area contributed by atoms with Gasteiger partial charge in [-0.1, -0.05) is 6.92 Å². The summed E-state index contributed by atoms with van der Waals surface area (Å²) >= 11 is 0. The third kappa shape index (κ3) is 5.21. The van der Waals surface area contributed by atoms with Crippen LogP contribution in [0.25, 0.3) is 6.08 Å². The third-order valence-corrected chi connectivity index (χ3v) is 3.20. The molecule has 0 aliphatic rings. The van der Waals surface area contributed by atoms with Crippen LogP contribution in [0.2, 0.25) is 0 Å². The van der Waals surface area contributed by atoms with Crippen molar-refractivity contribution in [3.63, 3.8) is 0 Å². The van der Waals surface area contributed by atoms with Crippen LogP contribution in [0.3, 0.4) is 0 Å². The number of amides is 1. The number of nitrogens with zero attached hydrogens (tertiary/aromatic N) is 2. The lowest BCUT2D eigenvalue weighted by atomic mass is 10.3. The molecule has 7 heteroatoms. The second-order valence-corrected chi connectivity index (χ2v) is 5.09. The third-order valence-electron chi connectivity index (χ3n) is 1.74. The average Bonchev–Trinajstić information content (AvgIpc) is 2.27. The molecular formula is C10H13N3O3S. The van der Waals surface area contributed by atoms with Crippen LogP contribution in [-0.2, 0) is 14.8 Å². The van der Waals surface area contributed by atoms with Crippen molar-refractivity contribution in [2.75, 3.05) is 5.75 Å². The van der Waals surface area contributed by atoms with Crippen molar-refractivity contribution in [2.24, 2.45) is 0 Å². The Balaban J connectivity index is 2.59. The van der Waals surface area contributed by atoms with Crippen LogP contribution in [0.5, 0.6) is 0 Å². The van der Waals surface area contributed by atoms with E-state index < -0.39 is 15.9 Å². The van der Waals surface area contributed by atoms with Gasteiger partial charge in [-0.05, 0) is 18.6 Å². The highest BCUT2D eigenvalue weighted by Crippen LogP contribution is 1.95. The molecule has 0 radical (unpaired) electrons. The van der Waals surface area contributed by atoms with Crippen LogP contribution in [0.4, 0.5) is 0 Å². The van der Waals surface area contributed by atoms with Gasteiger partial charge in [-0.25, -0.2) is 23.1 Å². The monoisotopic (exact) mass is 255 g/mol. The molecule has 1 N–H and O–H groups in total. The van der Waals surface area contributed by atoms with Crippen molar-refractivity contribution in [3.8, 4) is 0 Å². The first-order valence-corrected chi connectivity index (χ1v) is 6.67. The lowest BCUT2D eigenvalue weighted by Gasteiger charge is -2.01. The van der Waals surface area contributed by atoms with Gasteiger partial charge in [0.25, 0.3) is 5.91 Å². The molecule has 0 spiro atoms. The minimum Gasteiger partial charge on any atom is -0.269 e. The van der Waals surface area contributed by atoms with Gasteiger partial charge in [0, 0.05) is 12.3 Å². The molecule has 0 saturated carbocycles. The SMILES string of the molecule is CCCS(=O)(=O)NC(=O)/C=C/c1ccncn1. The van der Waals surface area contributed by atoms with Crippen LogP contribution < -0.4 is 4.72 Å². The fraction of sp³-hybridized carbons (Fsp3) is 0.300. The molecule has 1 aromatic heterocycles. The molecule has 1 aromatic rings. The smallest absolute Gasteiger partial charge is 0.257 e. The summed E-state index contributed by atoms with van der Waals surface area (Å²) in [7, 11) is -3.52. The summed E-state index contributed by atoms with van der Waals surface area (Å²) in [4.78, 5) is 18.9. The molecule has 1 rings (SSSR count). The molecule has 92 valence electrons. The second-order valence-electron chi connectivity index (χ2n) is 3.25. The highest BCUT2D eigenvalue weighted by Gasteiger charge is 2.10. The molecule has 0 aliphatic carbocycles. The number of hydrogen-bond acceptors (Lipinski definition) is 5. The van der Waals surface area contributed by atoms with Gasteiger partial charge in [0.1, 0.15) is 6.33 Å². The van der Waals surface area contributed by atoms with Gasteiger partial charge >= 0.3 is 0 Å². The van der Waals surface area contributed by atoms with Crippen molar-refractivity contribution >= 4 is 22.0 Å². The molecule has 0 atom stereocenters. The number of aromatic nitrogens is 2. The van der Waals surface area contributed by atoms with Crippen molar-refractivity contribution in [1.29, 1.82) is 0 Å². The lowest BCUT2D eigenvalue weighted by molar-refractivity contribution is -0.114. The van der Waals surface area contributed by atoms with Crippen LogP contribution in [0, 0.1) is 0 Å². The van der Waals surface area contributed by atoms with E-state index in [0.29, 0.717) is 12.1 Å². The Morgan fingerprint density at radius 3 is 2.88 bits per heavy atom. The Bertz CT molecular complexity index is 497. The standard InChI is InChI=1S/C10H13N3O3S/c1-2-7-17(15,16)13-10(14)4-3-9-5-6-11-8-12-9/h3-6,8H,2,7H2,1H3,(H,13,14)/b4-3+. The number of carbonyl (C=O) groups excluding carboxylic acids is 1. The molecule has 0 unspecified atom stereocenters. The van der Waals surface area contributed by atoms with E-state index in [9.17, 15) is 13.2 Å². The average molecular weight is 255 g/mol. The van der Waals surface area contributed by atoms with Crippen LogP contribution >= 0.6 is 0 Å². The maximum atomic E-state index is 11.3. The normalized spacial score (nSPS) is 11.6. The van der Waals surface area contributed by atoms with E-state index in [2.05, 4.69) is 9.97 Å². The van der Waals surface area contributed by atoms with Gasteiger partial charge in [0.2, 0.25) is 10.0 Å². The van der Waals surface area contributed by atoms with Crippen LogP contribution in [0.15, 0.2) is 24.7 Å². The topological polar surface area (TPSA) is 89.0 Å². The predicted octanol–water partition coefficient (Wildman–Crippen LogP) is 0.346. The molecule has 0 aromatic carbocycles. The van der Waals surface area contributed by atoms with E-state index in [1.165, 1.54) is 18.6 Å².